The molecule has 9 heteroatoms. The number of nitrogens with zero attached hydrogens (tertiary/aromatic N) is 3. The fourth-order valence-electron chi connectivity index (χ4n) is 3.09. The van der Waals surface area contributed by atoms with E-state index < -0.39 is 10.0 Å². The van der Waals surface area contributed by atoms with Gasteiger partial charge >= 0.3 is 0 Å². The first-order valence-corrected chi connectivity index (χ1v) is 12.0. The number of anilines is 2. The fourth-order valence-corrected chi connectivity index (χ4v) is 4.40. The molecule has 4 aromatic rings. The molecule has 0 fully saturated rings. The smallest absolute Gasteiger partial charge is 0.263 e. The Hall–Kier alpha value is -3.17. The molecule has 7 nitrogen and oxygen atoms in total. The van der Waals surface area contributed by atoms with Crippen molar-refractivity contribution in [2.75, 3.05) is 23.7 Å². The number of aromatic nitrogens is 2. The van der Waals surface area contributed by atoms with Gasteiger partial charge in [0.15, 0.2) is 0 Å². The van der Waals surface area contributed by atoms with Crippen LogP contribution >= 0.6 is 15.9 Å². The summed E-state index contributed by atoms with van der Waals surface area (Å²) < 4.78 is 34.9. The average molecular weight is 513 g/mol. The van der Waals surface area contributed by atoms with Crippen LogP contribution in [-0.2, 0) is 16.6 Å². The van der Waals surface area contributed by atoms with E-state index in [1.165, 1.54) is 6.20 Å². The zero-order valence-electron chi connectivity index (χ0n) is 17.5. The summed E-state index contributed by atoms with van der Waals surface area (Å²) in [4.78, 5) is 10.5. The lowest BCUT2D eigenvalue weighted by molar-refractivity contribution is 0.294. The highest BCUT2D eigenvalue weighted by atomic mass is 79.9. The van der Waals surface area contributed by atoms with Crippen LogP contribution in [0.3, 0.4) is 0 Å². The molecule has 0 aliphatic heterocycles. The first-order valence-electron chi connectivity index (χ1n) is 9.75. The molecule has 0 aliphatic carbocycles. The third-order valence-electron chi connectivity index (χ3n) is 4.78. The van der Waals surface area contributed by atoms with Crippen LogP contribution in [0.1, 0.15) is 5.56 Å². The Morgan fingerprint density at radius 2 is 1.72 bits per heavy atom. The van der Waals surface area contributed by atoms with Crippen molar-refractivity contribution >= 4 is 48.2 Å². The molecule has 32 heavy (non-hydrogen) atoms. The largest absolute Gasteiger partial charge is 0.470 e. The lowest BCUT2D eigenvalue weighted by Gasteiger charge is -2.14. The summed E-state index contributed by atoms with van der Waals surface area (Å²) in [5.41, 5.74) is 1.96. The maximum absolute atomic E-state index is 13.1. The van der Waals surface area contributed by atoms with Gasteiger partial charge in [0.25, 0.3) is 15.9 Å². The Kier molecular flexibility index (Phi) is 6.29. The molecular weight excluding hydrogens is 492 g/mol. The van der Waals surface area contributed by atoms with Gasteiger partial charge in [0.1, 0.15) is 11.2 Å². The Bertz CT molecular complexity index is 1360. The van der Waals surface area contributed by atoms with E-state index in [0.717, 1.165) is 22.0 Å². The minimum atomic E-state index is -3.91. The molecule has 0 bridgehead atoms. The number of halogens is 1. The monoisotopic (exact) mass is 512 g/mol. The molecule has 164 valence electrons. The predicted molar refractivity (Wildman–Crippen MR) is 130 cm³/mol. The van der Waals surface area contributed by atoms with Crippen LogP contribution < -0.4 is 14.4 Å². The maximum atomic E-state index is 13.1. The summed E-state index contributed by atoms with van der Waals surface area (Å²) in [6.45, 7) is 0.227. The van der Waals surface area contributed by atoms with Crippen LogP contribution in [0.5, 0.6) is 5.88 Å². The summed E-state index contributed by atoms with van der Waals surface area (Å²) in [6.07, 6.45) is 1.41. The van der Waals surface area contributed by atoms with E-state index in [9.17, 15) is 8.42 Å². The van der Waals surface area contributed by atoms with Crippen molar-refractivity contribution < 1.29 is 13.2 Å². The van der Waals surface area contributed by atoms with Gasteiger partial charge in [-0.25, -0.2) is 18.4 Å². The molecule has 0 radical (unpaired) electrons. The van der Waals surface area contributed by atoms with Gasteiger partial charge in [0, 0.05) is 19.8 Å². The summed E-state index contributed by atoms with van der Waals surface area (Å²) >= 11 is 3.26. The molecule has 0 amide bonds. The molecule has 3 aromatic carbocycles. The fraction of sp³-hybridized carbons (Fsp3) is 0.130. The van der Waals surface area contributed by atoms with E-state index in [0.29, 0.717) is 4.60 Å². The number of hydrogen-bond acceptors (Lipinski definition) is 6. The van der Waals surface area contributed by atoms with Crippen molar-refractivity contribution in [3.8, 4) is 5.88 Å². The van der Waals surface area contributed by atoms with Crippen LogP contribution in [0, 0.1) is 0 Å². The van der Waals surface area contributed by atoms with Crippen LogP contribution in [0.25, 0.3) is 10.8 Å². The molecule has 1 aromatic heterocycles. The highest BCUT2D eigenvalue weighted by Gasteiger charge is 2.20. The summed E-state index contributed by atoms with van der Waals surface area (Å²) in [5.74, 6) is 0.107. The summed E-state index contributed by atoms with van der Waals surface area (Å²) in [7, 11) is 0.0101. The van der Waals surface area contributed by atoms with Crippen molar-refractivity contribution in [1.29, 1.82) is 0 Å². The highest BCUT2D eigenvalue weighted by Crippen LogP contribution is 2.28. The minimum Gasteiger partial charge on any atom is -0.470 e. The second kappa shape index (κ2) is 9.13. The number of fused-ring (bicyclic) bond motifs is 1. The Balaban J connectivity index is 1.61. The first-order chi connectivity index (χ1) is 15.3. The average Bonchev–Trinajstić information content (AvgIpc) is 2.79. The van der Waals surface area contributed by atoms with Crippen molar-refractivity contribution in [3.63, 3.8) is 0 Å². The Morgan fingerprint density at radius 1 is 1.00 bits per heavy atom. The van der Waals surface area contributed by atoms with E-state index in [1.807, 2.05) is 67.5 Å². The van der Waals surface area contributed by atoms with Crippen molar-refractivity contribution in [2.45, 2.75) is 11.5 Å². The molecule has 0 unspecified atom stereocenters. The molecule has 0 atom stereocenters. The number of hydrogen-bond donors (Lipinski definition) is 1. The highest BCUT2D eigenvalue weighted by molar-refractivity contribution is 9.10. The van der Waals surface area contributed by atoms with Gasteiger partial charge in [-0.1, -0.05) is 42.5 Å². The first kappa shape index (κ1) is 22.0. The van der Waals surface area contributed by atoms with E-state index >= 15 is 0 Å². The lowest BCUT2D eigenvalue weighted by Crippen LogP contribution is -2.15. The third-order valence-corrected chi connectivity index (χ3v) is 6.50. The summed E-state index contributed by atoms with van der Waals surface area (Å²) in [6, 6.07) is 20.4. The maximum Gasteiger partial charge on any atom is 0.263 e. The lowest BCUT2D eigenvalue weighted by atomic mass is 10.1. The van der Waals surface area contributed by atoms with Gasteiger partial charge < -0.3 is 9.64 Å². The van der Waals surface area contributed by atoms with Crippen molar-refractivity contribution in [3.05, 3.63) is 83.1 Å². The number of nitrogens with one attached hydrogen (secondary N) is 1. The SMILES string of the molecule is CN(C)c1ccc2cc(S(=O)(=O)Nc3ncc(Br)nc3OCc3ccccc3)ccc2c1. The van der Waals surface area contributed by atoms with E-state index in [2.05, 4.69) is 30.6 Å². The van der Waals surface area contributed by atoms with Crippen LogP contribution in [-0.4, -0.2) is 32.5 Å². The summed E-state index contributed by atoms with van der Waals surface area (Å²) in [5, 5.41) is 1.77. The van der Waals surface area contributed by atoms with Gasteiger partial charge in [-0.2, -0.15) is 0 Å². The van der Waals surface area contributed by atoms with E-state index in [-0.39, 0.29) is 23.2 Å². The number of sulfonamides is 1. The molecule has 0 aliphatic rings. The van der Waals surface area contributed by atoms with Gasteiger partial charge in [0.2, 0.25) is 5.82 Å². The topological polar surface area (TPSA) is 84.4 Å². The van der Waals surface area contributed by atoms with Gasteiger partial charge in [-0.15, -0.1) is 0 Å². The zero-order chi connectivity index (χ0) is 22.7. The van der Waals surface area contributed by atoms with Crippen LogP contribution in [0.15, 0.2) is 82.4 Å². The van der Waals surface area contributed by atoms with Gasteiger partial charge in [-0.05, 0) is 56.5 Å². The molecule has 4 rings (SSSR count). The number of ether oxygens (including phenoxy) is 1. The molecule has 1 heterocycles. The van der Waals surface area contributed by atoms with E-state index in [4.69, 9.17) is 4.74 Å². The number of benzene rings is 3. The molecule has 0 saturated heterocycles. The molecule has 0 saturated carbocycles. The number of rotatable bonds is 7. The quantitative estimate of drug-likeness (QED) is 0.381. The molecule has 1 N–H and O–H groups in total. The van der Waals surface area contributed by atoms with Gasteiger partial charge in [0.05, 0.1) is 11.1 Å². The Morgan fingerprint density at radius 3 is 2.47 bits per heavy atom. The Labute approximate surface area is 195 Å². The van der Waals surface area contributed by atoms with Crippen molar-refractivity contribution in [2.24, 2.45) is 0 Å². The third kappa shape index (κ3) is 5.00. The standard InChI is InChI=1S/C23H21BrN4O3S/c1-28(2)19-10-8-18-13-20(11-9-17(18)12-19)32(29,30)27-22-23(26-21(24)14-25-22)31-15-16-6-4-3-5-7-16/h3-14H,15H2,1-2H3,(H,25,27). The minimum absolute atomic E-state index is 0.0205. The second-order valence-corrected chi connectivity index (χ2v) is 9.81. The predicted octanol–water partition coefficient (Wildman–Crippen LogP) is 4.84. The van der Waals surface area contributed by atoms with Crippen molar-refractivity contribution in [1.82, 2.24) is 9.97 Å². The van der Waals surface area contributed by atoms with Gasteiger partial charge in [-0.3, -0.25) is 4.72 Å². The second-order valence-electron chi connectivity index (χ2n) is 7.31. The zero-order valence-corrected chi connectivity index (χ0v) is 19.9. The molecule has 0 spiro atoms. The normalized spacial score (nSPS) is 11.3. The molecular formula is C23H21BrN4O3S. The van der Waals surface area contributed by atoms with Crippen LogP contribution in [0.4, 0.5) is 11.5 Å². The van der Waals surface area contributed by atoms with Crippen LogP contribution in [0.2, 0.25) is 0 Å². The van der Waals surface area contributed by atoms with E-state index in [1.54, 1.807) is 18.2 Å².